The van der Waals surface area contributed by atoms with E-state index in [0.717, 1.165) is 20.6 Å². The fourth-order valence-electron chi connectivity index (χ4n) is 1.72. The van der Waals surface area contributed by atoms with E-state index in [1.54, 1.807) is 0 Å². The minimum Gasteiger partial charge on any atom is -0.117 e. The molecule has 0 amide bonds. The Balaban J connectivity index is 2.25. The predicted octanol–water partition coefficient (Wildman–Crippen LogP) is 6.28. The lowest BCUT2D eigenvalue weighted by Crippen LogP contribution is -1.97. The van der Waals surface area contributed by atoms with E-state index in [0.29, 0.717) is 11.4 Å². The summed E-state index contributed by atoms with van der Waals surface area (Å²) in [6.07, 6.45) is 0.667. The summed E-state index contributed by atoms with van der Waals surface area (Å²) in [5, 5.41) is 1.25. The van der Waals surface area contributed by atoms with Gasteiger partial charge in [-0.15, -0.1) is 11.6 Å². The average molecular weight is 364 g/mol. The Bertz CT molecular complexity index is 554. The van der Waals surface area contributed by atoms with Crippen LogP contribution in [0.15, 0.2) is 46.9 Å². The highest BCUT2D eigenvalue weighted by molar-refractivity contribution is 9.10. The zero-order valence-electron chi connectivity index (χ0n) is 9.34. The molecule has 2 rings (SSSR count). The van der Waals surface area contributed by atoms with Gasteiger partial charge in [0, 0.05) is 14.5 Å². The number of alkyl halides is 1. The van der Waals surface area contributed by atoms with Gasteiger partial charge in [0.25, 0.3) is 0 Å². The second kappa shape index (κ2) is 6.29. The Kier molecular flexibility index (Phi) is 4.97. The van der Waals surface area contributed by atoms with Gasteiger partial charge < -0.3 is 0 Å². The van der Waals surface area contributed by atoms with E-state index in [1.807, 2.05) is 42.5 Å². The van der Waals surface area contributed by atoms with Gasteiger partial charge in [-0.25, -0.2) is 0 Å². The summed E-state index contributed by atoms with van der Waals surface area (Å²) >= 11 is 22.0. The fraction of sp³-hybridized carbons (Fsp3) is 0.143. The van der Waals surface area contributed by atoms with Gasteiger partial charge >= 0.3 is 0 Å². The Morgan fingerprint density at radius 3 is 2.50 bits per heavy atom. The Morgan fingerprint density at radius 2 is 1.78 bits per heavy atom. The monoisotopic (exact) mass is 362 g/mol. The molecule has 0 aliphatic heterocycles. The van der Waals surface area contributed by atoms with E-state index in [4.69, 9.17) is 34.8 Å². The second-order valence-corrected chi connectivity index (χ2v) is 6.15. The average Bonchev–Trinajstić information content (AvgIpc) is 2.35. The smallest absolute Gasteiger partial charge is 0.0637 e. The highest BCUT2D eigenvalue weighted by Gasteiger charge is 2.14. The Labute approximate surface area is 130 Å². The lowest BCUT2D eigenvalue weighted by molar-refractivity contribution is 0.915. The number of benzene rings is 2. The molecule has 0 aromatic heterocycles. The summed E-state index contributed by atoms with van der Waals surface area (Å²) in [4.78, 5) is 0. The molecule has 4 heteroatoms. The molecule has 1 unspecified atom stereocenters. The standard InChI is InChI=1S/C14H10BrCl3/c15-12-6-5-10(16)8-11(12)14(18)7-9-3-1-2-4-13(9)17/h1-6,8,14H,7H2. The molecule has 0 heterocycles. The lowest BCUT2D eigenvalue weighted by Gasteiger charge is -2.13. The minimum atomic E-state index is -0.169. The Morgan fingerprint density at radius 1 is 1.06 bits per heavy atom. The molecule has 0 N–H and O–H groups in total. The highest BCUT2D eigenvalue weighted by Crippen LogP contribution is 2.34. The number of hydrogen-bond donors (Lipinski definition) is 0. The molecule has 0 fully saturated rings. The molecule has 0 saturated heterocycles. The molecular weight excluding hydrogens is 354 g/mol. The van der Waals surface area contributed by atoms with E-state index in [9.17, 15) is 0 Å². The van der Waals surface area contributed by atoms with Crippen molar-refractivity contribution in [1.29, 1.82) is 0 Å². The van der Waals surface area contributed by atoms with Gasteiger partial charge in [0.1, 0.15) is 0 Å². The molecule has 2 aromatic rings. The third-order valence-corrected chi connectivity index (χ3v) is 4.37. The number of hydrogen-bond acceptors (Lipinski definition) is 0. The fourth-order valence-corrected chi connectivity index (χ4v) is 3.12. The molecular formula is C14H10BrCl3. The molecule has 1 atom stereocenters. The van der Waals surface area contributed by atoms with Crippen LogP contribution in [0.5, 0.6) is 0 Å². The van der Waals surface area contributed by atoms with Crippen LogP contribution in [0, 0.1) is 0 Å². The predicted molar refractivity (Wildman–Crippen MR) is 82.9 cm³/mol. The molecule has 0 aliphatic rings. The van der Waals surface area contributed by atoms with Gasteiger partial charge in [-0.3, -0.25) is 0 Å². The normalized spacial score (nSPS) is 12.4. The van der Waals surface area contributed by atoms with Crippen molar-refractivity contribution in [1.82, 2.24) is 0 Å². The van der Waals surface area contributed by atoms with Gasteiger partial charge in [-0.05, 0) is 41.8 Å². The van der Waals surface area contributed by atoms with Crippen molar-refractivity contribution in [3.8, 4) is 0 Å². The largest absolute Gasteiger partial charge is 0.117 e. The minimum absolute atomic E-state index is 0.169. The topological polar surface area (TPSA) is 0 Å². The number of rotatable bonds is 3. The van der Waals surface area contributed by atoms with Crippen LogP contribution in [0.3, 0.4) is 0 Å². The van der Waals surface area contributed by atoms with E-state index < -0.39 is 0 Å². The van der Waals surface area contributed by atoms with Crippen molar-refractivity contribution >= 4 is 50.7 Å². The first-order valence-corrected chi connectivity index (χ1v) is 7.39. The van der Waals surface area contributed by atoms with Gasteiger partial charge in [-0.1, -0.05) is 57.3 Å². The summed E-state index contributed by atoms with van der Waals surface area (Å²) < 4.78 is 0.957. The zero-order valence-corrected chi connectivity index (χ0v) is 13.2. The van der Waals surface area contributed by atoms with Crippen molar-refractivity contribution in [3.05, 3.63) is 68.1 Å². The maximum absolute atomic E-state index is 6.44. The first-order chi connectivity index (χ1) is 8.58. The third-order valence-electron chi connectivity index (χ3n) is 2.65. The van der Waals surface area contributed by atoms with Crippen molar-refractivity contribution in [2.45, 2.75) is 11.8 Å². The third kappa shape index (κ3) is 3.42. The van der Waals surface area contributed by atoms with E-state index >= 15 is 0 Å². The first-order valence-electron chi connectivity index (χ1n) is 5.40. The van der Waals surface area contributed by atoms with Crippen LogP contribution in [0.4, 0.5) is 0 Å². The summed E-state index contributed by atoms with van der Waals surface area (Å²) in [6, 6.07) is 13.3. The molecule has 0 spiro atoms. The van der Waals surface area contributed by atoms with E-state index in [1.165, 1.54) is 0 Å². The van der Waals surface area contributed by atoms with Crippen molar-refractivity contribution < 1.29 is 0 Å². The van der Waals surface area contributed by atoms with Crippen LogP contribution in [0.1, 0.15) is 16.5 Å². The van der Waals surface area contributed by atoms with Crippen LogP contribution >= 0.6 is 50.7 Å². The quantitative estimate of drug-likeness (QED) is 0.562. The molecule has 0 bridgehead atoms. The second-order valence-electron chi connectivity index (χ2n) is 3.93. The molecule has 0 radical (unpaired) electrons. The molecule has 0 nitrogen and oxygen atoms in total. The SMILES string of the molecule is Clc1ccc(Br)c(C(Cl)Cc2ccccc2Cl)c1. The lowest BCUT2D eigenvalue weighted by atomic mass is 10.0. The van der Waals surface area contributed by atoms with E-state index in [-0.39, 0.29) is 5.38 Å². The molecule has 0 saturated carbocycles. The molecule has 94 valence electrons. The van der Waals surface area contributed by atoms with Gasteiger partial charge in [-0.2, -0.15) is 0 Å². The van der Waals surface area contributed by atoms with Crippen LogP contribution in [-0.4, -0.2) is 0 Å². The summed E-state index contributed by atoms with van der Waals surface area (Å²) in [5.41, 5.74) is 2.01. The van der Waals surface area contributed by atoms with Crippen molar-refractivity contribution in [3.63, 3.8) is 0 Å². The zero-order chi connectivity index (χ0) is 13.1. The molecule has 18 heavy (non-hydrogen) atoms. The molecule has 2 aromatic carbocycles. The maximum Gasteiger partial charge on any atom is 0.0637 e. The number of halogens is 4. The summed E-state index contributed by atoms with van der Waals surface area (Å²) in [5.74, 6) is 0. The van der Waals surface area contributed by atoms with Gasteiger partial charge in [0.05, 0.1) is 5.38 Å². The van der Waals surface area contributed by atoms with Crippen LogP contribution in [0.2, 0.25) is 10.0 Å². The summed E-state index contributed by atoms with van der Waals surface area (Å²) in [6.45, 7) is 0. The van der Waals surface area contributed by atoms with Gasteiger partial charge in [0.2, 0.25) is 0 Å². The molecule has 0 aliphatic carbocycles. The summed E-state index contributed by atoms with van der Waals surface area (Å²) in [7, 11) is 0. The highest BCUT2D eigenvalue weighted by atomic mass is 79.9. The van der Waals surface area contributed by atoms with Crippen LogP contribution < -0.4 is 0 Å². The van der Waals surface area contributed by atoms with Crippen molar-refractivity contribution in [2.24, 2.45) is 0 Å². The Hall–Kier alpha value is -0.210. The van der Waals surface area contributed by atoms with Crippen LogP contribution in [0.25, 0.3) is 0 Å². The van der Waals surface area contributed by atoms with Crippen LogP contribution in [-0.2, 0) is 6.42 Å². The maximum atomic E-state index is 6.44. The van der Waals surface area contributed by atoms with Gasteiger partial charge in [0.15, 0.2) is 0 Å². The van der Waals surface area contributed by atoms with Crippen molar-refractivity contribution in [2.75, 3.05) is 0 Å². The first kappa shape index (κ1) is 14.2. The van der Waals surface area contributed by atoms with E-state index in [2.05, 4.69) is 15.9 Å².